The van der Waals surface area contributed by atoms with Gasteiger partial charge in [0.25, 0.3) is 0 Å². The molecule has 0 saturated carbocycles. The Hall–Kier alpha value is -3.28. The Labute approximate surface area is 144 Å². The lowest BCUT2D eigenvalue weighted by Gasteiger charge is -2.06. The van der Waals surface area contributed by atoms with Gasteiger partial charge in [-0.1, -0.05) is 17.3 Å². The molecular formula is C19H17NO5. The third kappa shape index (κ3) is 3.47. The molecule has 0 bridgehead atoms. The number of carbonyl (C=O) groups excluding carboxylic acids is 1. The maximum absolute atomic E-state index is 11.4. The van der Waals surface area contributed by atoms with Crippen LogP contribution >= 0.6 is 0 Å². The lowest BCUT2D eigenvalue weighted by Crippen LogP contribution is -2.01. The highest BCUT2D eigenvalue weighted by Gasteiger charge is 2.22. The highest BCUT2D eigenvalue weighted by Crippen LogP contribution is 2.40. The zero-order chi connectivity index (χ0) is 17.8. The highest BCUT2D eigenvalue weighted by molar-refractivity contribution is 5.85. The van der Waals surface area contributed by atoms with E-state index in [0.717, 1.165) is 22.6 Å². The summed E-state index contributed by atoms with van der Waals surface area (Å²) < 4.78 is 20.8. The minimum Gasteiger partial charge on any atom is -0.497 e. The van der Waals surface area contributed by atoms with Crippen LogP contribution in [0.25, 0.3) is 22.4 Å². The van der Waals surface area contributed by atoms with Gasteiger partial charge in [-0.05, 0) is 42.0 Å². The summed E-state index contributed by atoms with van der Waals surface area (Å²) >= 11 is 0. The predicted molar refractivity (Wildman–Crippen MR) is 91.8 cm³/mol. The number of carbonyl (C=O) groups is 1. The van der Waals surface area contributed by atoms with Crippen LogP contribution < -0.4 is 14.2 Å². The molecule has 6 nitrogen and oxygen atoms in total. The van der Waals surface area contributed by atoms with Crippen molar-refractivity contribution in [2.45, 2.75) is 6.92 Å². The zero-order valence-corrected chi connectivity index (χ0v) is 14.1. The van der Waals surface area contributed by atoms with Crippen LogP contribution in [0.1, 0.15) is 6.92 Å². The van der Waals surface area contributed by atoms with E-state index in [9.17, 15) is 4.79 Å². The van der Waals surface area contributed by atoms with Crippen molar-refractivity contribution in [3.63, 3.8) is 0 Å². The van der Waals surface area contributed by atoms with Crippen LogP contribution in [0.2, 0.25) is 0 Å². The Morgan fingerprint density at radius 2 is 1.40 bits per heavy atom. The molecule has 25 heavy (non-hydrogen) atoms. The first-order chi connectivity index (χ1) is 12.1. The van der Waals surface area contributed by atoms with E-state index in [0.29, 0.717) is 11.3 Å². The van der Waals surface area contributed by atoms with E-state index >= 15 is 0 Å². The number of nitrogens with zero attached hydrogens (tertiary/aromatic N) is 1. The van der Waals surface area contributed by atoms with Crippen LogP contribution in [-0.2, 0) is 4.79 Å². The molecule has 1 aromatic heterocycles. The van der Waals surface area contributed by atoms with Crippen LogP contribution in [-0.4, -0.2) is 25.3 Å². The Morgan fingerprint density at radius 1 is 0.880 bits per heavy atom. The molecule has 0 fully saturated rings. The van der Waals surface area contributed by atoms with Crippen molar-refractivity contribution in [2.24, 2.45) is 0 Å². The molecule has 0 spiro atoms. The van der Waals surface area contributed by atoms with Crippen molar-refractivity contribution in [1.82, 2.24) is 5.16 Å². The summed E-state index contributed by atoms with van der Waals surface area (Å²) in [6.07, 6.45) is 0. The van der Waals surface area contributed by atoms with E-state index < -0.39 is 5.97 Å². The Bertz CT molecular complexity index is 866. The van der Waals surface area contributed by atoms with Crippen molar-refractivity contribution >= 4 is 5.97 Å². The molecule has 0 atom stereocenters. The minimum atomic E-state index is -0.479. The molecule has 128 valence electrons. The fourth-order valence-corrected chi connectivity index (χ4v) is 2.43. The molecule has 0 N–H and O–H groups in total. The van der Waals surface area contributed by atoms with Gasteiger partial charge in [0.05, 0.1) is 19.8 Å². The number of hydrogen-bond acceptors (Lipinski definition) is 6. The topological polar surface area (TPSA) is 70.8 Å². The molecule has 0 saturated heterocycles. The van der Waals surface area contributed by atoms with Crippen molar-refractivity contribution in [2.75, 3.05) is 14.2 Å². The molecular weight excluding hydrogens is 322 g/mol. The summed E-state index contributed by atoms with van der Waals surface area (Å²) in [6, 6.07) is 14.7. The first-order valence-electron chi connectivity index (χ1n) is 7.59. The maximum Gasteiger partial charge on any atom is 0.327 e. The molecule has 0 unspecified atom stereocenters. The van der Waals surface area contributed by atoms with Gasteiger partial charge < -0.3 is 18.7 Å². The van der Waals surface area contributed by atoms with E-state index in [1.807, 2.05) is 48.5 Å². The standard InChI is InChI=1S/C19H17NO5/c1-12(21)24-19-17(13-4-8-15(22-2)9-5-13)18(20-25-19)14-6-10-16(23-3)11-7-14/h4-11H,1-3H3. The lowest BCUT2D eigenvalue weighted by atomic mass is 10.0. The highest BCUT2D eigenvalue weighted by atomic mass is 16.6. The smallest absolute Gasteiger partial charge is 0.327 e. The van der Waals surface area contributed by atoms with E-state index in [1.54, 1.807) is 14.2 Å². The number of methoxy groups -OCH3 is 2. The van der Waals surface area contributed by atoms with Gasteiger partial charge in [0.2, 0.25) is 0 Å². The van der Waals surface area contributed by atoms with Crippen molar-refractivity contribution in [3.05, 3.63) is 48.5 Å². The van der Waals surface area contributed by atoms with E-state index in [2.05, 4.69) is 5.16 Å². The molecule has 0 amide bonds. The van der Waals surface area contributed by atoms with Crippen LogP contribution in [0.4, 0.5) is 0 Å². The van der Waals surface area contributed by atoms with E-state index in [-0.39, 0.29) is 5.95 Å². The summed E-state index contributed by atoms with van der Waals surface area (Å²) in [7, 11) is 3.20. The average molecular weight is 339 g/mol. The second kappa shape index (κ2) is 7.09. The van der Waals surface area contributed by atoms with Crippen LogP contribution in [0.3, 0.4) is 0 Å². The van der Waals surface area contributed by atoms with Gasteiger partial charge in [-0.25, -0.2) is 0 Å². The molecule has 0 aliphatic carbocycles. The molecule has 0 aliphatic heterocycles. The molecule has 6 heteroatoms. The van der Waals surface area contributed by atoms with Crippen molar-refractivity contribution in [3.8, 4) is 39.8 Å². The van der Waals surface area contributed by atoms with Gasteiger partial charge in [-0.15, -0.1) is 0 Å². The number of esters is 1. The molecule has 3 aromatic rings. The van der Waals surface area contributed by atoms with Gasteiger partial charge in [0.15, 0.2) is 0 Å². The summed E-state index contributed by atoms with van der Waals surface area (Å²) in [5.41, 5.74) is 2.78. The fraction of sp³-hybridized carbons (Fsp3) is 0.158. The third-order valence-electron chi connectivity index (χ3n) is 3.64. The number of rotatable bonds is 5. The second-order valence-electron chi connectivity index (χ2n) is 5.24. The van der Waals surface area contributed by atoms with Gasteiger partial charge in [-0.3, -0.25) is 4.79 Å². The van der Waals surface area contributed by atoms with Crippen molar-refractivity contribution in [1.29, 1.82) is 0 Å². The summed E-state index contributed by atoms with van der Waals surface area (Å²) in [6.45, 7) is 1.31. The van der Waals surface area contributed by atoms with Gasteiger partial charge in [-0.2, -0.15) is 0 Å². The number of aromatic nitrogens is 1. The van der Waals surface area contributed by atoms with E-state index in [1.165, 1.54) is 6.92 Å². The van der Waals surface area contributed by atoms with Gasteiger partial charge in [0.1, 0.15) is 17.2 Å². The van der Waals surface area contributed by atoms with Crippen molar-refractivity contribution < 1.29 is 23.5 Å². The maximum atomic E-state index is 11.4. The lowest BCUT2D eigenvalue weighted by molar-refractivity contribution is -0.133. The zero-order valence-electron chi connectivity index (χ0n) is 14.1. The van der Waals surface area contributed by atoms with Gasteiger partial charge >= 0.3 is 11.9 Å². The predicted octanol–water partition coefficient (Wildman–Crippen LogP) is 3.95. The largest absolute Gasteiger partial charge is 0.497 e. The average Bonchev–Trinajstić information content (AvgIpc) is 3.04. The SMILES string of the molecule is COc1ccc(-c2noc(OC(C)=O)c2-c2ccc(OC)cc2)cc1. The molecule has 0 aliphatic rings. The quantitative estimate of drug-likeness (QED) is 0.656. The summed E-state index contributed by atoms with van der Waals surface area (Å²) in [5.74, 6) is 1.04. The van der Waals surface area contributed by atoms with Crippen LogP contribution in [0, 0.1) is 0 Å². The Balaban J connectivity index is 2.11. The molecule has 2 aromatic carbocycles. The first kappa shape index (κ1) is 16.6. The second-order valence-corrected chi connectivity index (χ2v) is 5.24. The third-order valence-corrected chi connectivity index (χ3v) is 3.64. The fourth-order valence-electron chi connectivity index (χ4n) is 2.43. The molecule has 0 radical (unpaired) electrons. The molecule has 3 rings (SSSR count). The van der Waals surface area contributed by atoms with Gasteiger partial charge in [0, 0.05) is 12.5 Å². The monoisotopic (exact) mass is 339 g/mol. The Kier molecular flexibility index (Phi) is 4.70. The van der Waals surface area contributed by atoms with E-state index in [4.69, 9.17) is 18.7 Å². The normalized spacial score (nSPS) is 10.4. The number of benzene rings is 2. The number of ether oxygens (including phenoxy) is 3. The minimum absolute atomic E-state index is 0.0588. The van der Waals surface area contributed by atoms with Crippen LogP contribution in [0.5, 0.6) is 17.4 Å². The summed E-state index contributed by atoms with van der Waals surface area (Å²) in [4.78, 5) is 11.4. The molecule has 1 heterocycles. The first-order valence-corrected chi connectivity index (χ1v) is 7.59. The Morgan fingerprint density at radius 3 is 1.88 bits per heavy atom. The van der Waals surface area contributed by atoms with Crippen LogP contribution in [0.15, 0.2) is 53.1 Å². The summed E-state index contributed by atoms with van der Waals surface area (Å²) in [5, 5.41) is 4.09. The number of hydrogen-bond donors (Lipinski definition) is 0.